The van der Waals surface area contributed by atoms with Gasteiger partial charge in [-0.1, -0.05) is 20.8 Å². The van der Waals surface area contributed by atoms with Crippen molar-refractivity contribution in [3.05, 3.63) is 35.9 Å². The molecule has 1 N–H and O–H groups in total. The molecule has 0 spiro atoms. The first-order valence-corrected chi connectivity index (χ1v) is 9.20. The molecular formula is C20H30N2O2. The minimum absolute atomic E-state index is 0.0350. The Hall–Kier alpha value is -1.39. The van der Waals surface area contributed by atoms with Gasteiger partial charge in [0.25, 0.3) is 0 Å². The molecule has 0 saturated heterocycles. The second-order valence-electron chi connectivity index (χ2n) is 7.75. The number of hydrogen-bond donors (Lipinski definition) is 1. The Bertz CT molecular complexity index is 684. The van der Waals surface area contributed by atoms with Crippen LogP contribution in [-0.2, 0) is 4.74 Å². The molecule has 0 unspecified atom stereocenters. The van der Waals surface area contributed by atoms with Crippen LogP contribution in [0.4, 0.5) is 0 Å². The number of nitrogens with zero attached hydrogens (tertiary/aromatic N) is 2. The minimum Gasteiger partial charge on any atom is -0.393 e. The van der Waals surface area contributed by atoms with Crippen LogP contribution in [0.2, 0.25) is 0 Å². The van der Waals surface area contributed by atoms with Crippen molar-refractivity contribution in [3.63, 3.8) is 0 Å². The summed E-state index contributed by atoms with van der Waals surface area (Å²) in [6.45, 7) is 9.56. The highest BCUT2D eigenvalue weighted by Crippen LogP contribution is 2.50. The summed E-state index contributed by atoms with van der Waals surface area (Å²) in [7, 11) is 0. The summed E-state index contributed by atoms with van der Waals surface area (Å²) in [5, 5.41) is 9.95. The zero-order valence-corrected chi connectivity index (χ0v) is 15.3. The molecule has 0 aromatic carbocycles. The third kappa shape index (κ3) is 3.09. The second-order valence-corrected chi connectivity index (χ2v) is 7.75. The van der Waals surface area contributed by atoms with Crippen molar-refractivity contribution in [3.8, 4) is 0 Å². The number of aromatic nitrogens is 2. The predicted molar refractivity (Wildman–Crippen MR) is 96.2 cm³/mol. The van der Waals surface area contributed by atoms with Gasteiger partial charge in [0.1, 0.15) is 0 Å². The molecule has 4 heteroatoms. The molecule has 24 heavy (non-hydrogen) atoms. The van der Waals surface area contributed by atoms with Gasteiger partial charge in [0.05, 0.1) is 30.2 Å². The van der Waals surface area contributed by atoms with E-state index in [0.29, 0.717) is 12.5 Å². The molecule has 0 radical (unpaired) electrons. The molecule has 1 aliphatic carbocycles. The van der Waals surface area contributed by atoms with E-state index in [1.54, 1.807) is 0 Å². The van der Waals surface area contributed by atoms with Gasteiger partial charge < -0.3 is 14.2 Å². The first-order valence-electron chi connectivity index (χ1n) is 9.20. The molecular weight excluding hydrogens is 300 g/mol. The molecule has 2 aromatic heterocycles. The van der Waals surface area contributed by atoms with Crippen molar-refractivity contribution >= 4 is 5.52 Å². The zero-order chi connectivity index (χ0) is 17.3. The van der Waals surface area contributed by atoms with E-state index in [4.69, 9.17) is 4.74 Å². The second kappa shape index (κ2) is 6.85. The summed E-state index contributed by atoms with van der Waals surface area (Å²) in [4.78, 5) is 4.35. The Balaban J connectivity index is 2.13. The van der Waals surface area contributed by atoms with Gasteiger partial charge in [-0.15, -0.1) is 0 Å². The lowest BCUT2D eigenvalue weighted by Gasteiger charge is -2.43. The van der Waals surface area contributed by atoms with E-state index in [2.05, 4.69) is 49.3 Å². The lowest BCUT2D eigenvalue weighted by molar-refractivity contribution is -0.0644. The largest absolute Gasteiger partial charge is 0.393 e. The first kappa shape index (κ1) is 17.4. The fraction of sp³-hybridized carbons (Fsp3) is 0.650. The van der Waals surface area contributed by atoms with Crippen molar-refractivity contribution in [2.24, 2.45) is 5.41 Å². The Morgan fingerprint density at radius 2 is 2.08 bits per heavy atom. The van der Waals surface area contributed by atoms with E-state index in [1.807, 2.05) is 12.5 Å². The number of hydrogen-bond acceptors (Lipinski definition) is 3. The Morgan fingerprint density at radius 3 is 2.71 bits per heavy atom. The SMILES string of the molecule is CCO[C@H](c1c(C(C)C)ccn2cncc12)[C@]1(C)CC[C@H](O)CC1. The van der Waals surface area contributed by atoms with E-state index >= 15 is 0 Å². The Labute approximate surface area is 144 Å². The van der Waals surface area contributed by atoms with Gasteiger partial charge in [-0.2, -0.15) is 0 Å². The summed E-state index contributed by atoms with van der Waals surface area (Å²) >= 11 is 0. The normalized spacial score (nSPS) is 26.2. The summed E-state index contributed by atoms with van der Waals surface area (Å²) in [6.07, 6.45) is 9.49. The van der Waals surface area contributed by atoms with Crippen molar-refractivity contribution < 1.29 is 9.84 Å². The van der Waals surface area contributed by atoms with Crippen LogP contribution in [0.5, 0.6) is 0 Å². The van der Waals surface area contributed by atoms with E-state index < -0.39 is 0 Å². The van der Waals surface area contributed by atoms with Crippen LogP contribution in [-0.4, -0.2) is 27.2 Å². The van der Waals surface area contributed by atoms with Gasteiger partial charge in [0.15, 0.2) is 0 Å². The number of imidazole rings is 1. The third-order valence-corrected chi connectivity index (χ3v) is 5.62. The highest BCUT2D eigenvalue weighted by atomic mass is 16.5. The summed E-state index contributed by atoms with van der Waals surface area (Å²) < 4.78 is 8.44. The number of ether oxygens (including phenoxy) is 1. The van der Waals surface area contributed by atoms with Crippen LogP contribution in [0, 0.1) is 5.41 Å². The first-order chi connectivity index (χ1) is 11.5. The average molecular weight is 330 g/mol. The van der Waals surface area contributed by atoms with E-state index in [-0.39, 0.29) is 17.6 Å². The number of rotatable bonds is 5. The predicted octanol–water partition coefficient (Wildman–Crippen LogP) is 4.48. The fourth-order valence-corrected chi connectivity index (χ4v) is 4.14. The lowest BCUT2D eigenvalue weighted by atomic mass is 9.68. The summed E-state index contributed by atoms with van der Waals surface area (Å²) in [6, 6.07) is 2.21. The van der Waals surface area contributed by atoms with Crippen LogP contribution >= 0.6 is 0 Å². The van der Waals surface area contributed by atoms with Gasteiger partial charge in [0, 0.05) is 18.4 Å². The van der Waals surface area contributed by atoms with Gasteiger partial charge in [0.2, 0.25) is 0 Å². The van der Waals surface area contributed by atoms with Gasteiger partial charge in [-0.3, -0.25) is 0 Å². The zero-order valence-electron chi connectivity index (χ0n) is 15.3. The molecule has 0 amide bonds. The number of aliphatic hydroxyl groups is 1. The van der Waals surface area contributed by atoms with Crippen molar-refractivity contribution in [2.75, 3.05) is 6.61 Å². The van der Waals surface area contributed by atoms with Crippen LogP contribution in [0.3, 0.4) is 0 Å². The molecule has 0 aliphatic heterocycles. The van der Waals surface area contributed by atoms with Gasteiger partial charge in [-0.05, 0) is 55.6 Å². The molecule has 2 heterocycles. The fourth-order valence-electron chi connectivity index (χ4n) is 4.14. The van der Waals surface area contributed by atoms with Crippen LogP contribution in [0.25, 0.3) is 5.52 Å². The van der Waals surface area contributed by atoms with Crippen molar-refractivity contribution in [1.29, 1.82) is 0 Å². The average Bonchev–Trinajstić information content (AvgIpc) is 3.03. The standard InChI is InChI=1S/C20H30N2O2/c1-5-24-19(20(4)9-6-15(23)7-10-20)18-16(14(2)3)8-11-22-13-21-12-17(18)22/h8,11-15,19,23H,5-7,9-10H2,1-4H3/t15-,19-,20+/m1/s1. The number of fused-ring (bicyclic) bond motifs is 1. The Morgan fingerprint density at radius 1 is 1.38 bits per heavy atom. The maximum absolute atomic E-state index is 9.95. The van der Waals surface area contributed by atoms with Crippen molar-refractivity contribution in [1.82, 2.24) is 9.38 Å². The lowest BCUT2D eigenvalue weighted by Crippen LogP contribution is -2.35. The highest BCUT2D eigenvalue weighted by molar-refractivity contribution is 5.59. The molecule has 1 fully saturated rings. The molecule has 3 rings (SSSR count). The van der Waals surface area contributed by atoms with Crippen LogP contribution < -0.4 is 0 Å². The number of aliphatic hydroxyl groups excluding tert-OH is 1. The molecule has 1 saturated carbocycles. The third-order valence-electron chi connectivity index (χ3n) is 5.62. The minimum atomic E-state index is -0.157. The molecule has 1 aliphatic rings. The molecule has 2 aromatic rings. The topological polar surface area (TPSA) is 46.8 Å². The molecule has 4 nitrogen and oxygen atoms in total. The van der Waals surface area contributed by atoms with E-state index in [0.717, 1.165) is 31.2 Å². The quantitative estimate of drug-likeness (QED) is 0.879. The summed E-state index contributed by atoms with van der Waals surface area (Å²) in [5.41, 5.74) is 3.82. The molecule has 1 atom stereocenters. The molecule has 132 valence electrons. The smallest absolute Gasteiger partial charge is 0.0992 e. The summed E-state index contributed by atoms with van der Waals surface area (Å²) in [5.74, 6) is 0.431. The highest BCUT2D eigenvalue weighted by Gasteiger charge is 2.41. The van der Waals surface area contributed by atoms with Gasteiger partial charge in [-0.25, -0.2) is 4.98 Å². The van der Waals surface area contributed by atoms with Crippen LogP contribution in [0.15, 0.2) is 24.8 Å². The monoisotopic (exact) mass is 330 g/mol. The Kier molecular flexibility index (Phi) is 4.97. The molecule has 0 bridgehead atoms. The van der Waals surface area contributed by atoms with Gasteiger partial charge >= 0.3 is 0 Å². The number of pyridine rings is 1. The van der Waals surface area contributed by atoms with Crippen LogP contribution in [0.1, 0.15) is 76.5 Å². The maximum atomic E-state index is 9.95. The van der Waals surface area contributed by atoms with Crippen molar-refractivity contribution in [2.45, 2.75) is 71.5 Å². The van der Waals surface area contributed by atoms with E-state index in [1.165, 1.54) is 11.1 Å². The maximum Gasteiger partial charge on any atom is 0.0992 e. The van der Waals surface area contributed by atoms with E-state index in [9.17, 15) is 5.11 Å².